The summed E-state index contributed by atoms with van der Waals surface area (Å²) in [5.41, 5.74) is 1.10. The number of hydrogen-bond donors (Lipinski definition) is 1. The van der Waals surface area contributed by atoms with Crippen molar-refractivity contribution in [3.63, 3.8) is 0 Å². The average molecular weight is 268 g/mol. The lowest BCUT2D eigenvalue weighted by Gasteiger charge is -2.33. The smallest absolute Gasteiger partial charge is 0.203 e. The molecule has 5 nitrogen and oxygen atoms in total. The Morgan fingerprint density at radius 3 is 2.63 bits per heavy atom. The number of anilines is 1. The van der Waals surface area contributed by atoms with Gasteiger partial charge in [0.1, 0.15) is 0 Å². The number of hydrogen-bond acceptors (Lipinski definition) is 4. The lowest BCUT2D eigenvalue weighted by molar-refractivity contribution is 0.162. The SMILES string of the molecule is COCC(C)n1cc(C)nc1NCC(C)(C)N(C)C. The van der Waals surface area contributed by atoms with E-state index in [4.69, 9.17) is 4.74 Å². The number of imidazole rings is 1. The standard InChI is InChI=1S/C14H28N4O/c1-11-8-18(12(2)9-19-7)13(16-11)15-10-14(3,4)17(5)6/h8,12H,9-10H2,1-7H3,(H,15,16). The Morgan fingerprint density at radius 2 is 2.11 bits per heavy atom. The van der Waals surface area contributed by atoms with Crippen molar-refractivity contribution in [2.75, 3.05) is 39.7 Å². The van der Waals surface area contributed by atoms with Gasteiger partial charge in [0.05, 0.1) is 18.3 Å². The molecule has 0 fully saturated rings. The van der Waals surface area contributed by atoms with Gasteiger partial charge in [-0.3, -0.25) is 0 Å². The van der Waals surface area contributed by atoms with Crippen molar-refractivity contribution < 1.29 is 4.74 Å². The summed E-state index contributed by atoms with van der Waals surface area (Å²) in [6.45, 7) is 10.1. The van der Waals surface area contributed by atoms with Gasteiger partial charge in [-0.1, -0.05) is 0 Å². The van der Waals surface area contributed by atoms with Gasteiger partial charge in [-0.05, 0) is 41.8 Å². The van der Waals surface area contributed by atoms with E-state index in [1.54, 1.807) is 7.11 Å². The summed E-state index contributed by atoms with van der Waals surface area (Å²) in [6, 6.07) is 0.274. The van der Waals surface area contributed by atoms with Gasteiger partial charge in [0.2, 0.25) is 5.95 Å². The molecule has 1 unspecified atom stereocenters. The van der Waals surface area contributed by atoms with Gasteiger partial charge in [-0.2, -0.15) is 0 Å². The van der Waals surface area contributed by atoms with Crippen LogP contribution >= 0.6 is 0 Å². The molecule has 0 aliphatic carbocycles. The highest BCUT2D eigenvalue weighted by molar-refractivity contribution is 5.30. The van der Waals surface area contributed by atoms with Crippen molar-refractivity contribution in [3.8, 4) is 0 Å². The minimum Gasteiger partial charge on any atom is -0.383 e. The first-order valence-corrected chi connectivity index (χ1v) is 6.73. The fourth-order valence-corrected chi connectivity index (χ4v) is 1.76. The Morgan fingerprint density at radius 1 is 1.47 bits per heavy atom. The van der Waals surface area contributed by atoms with Crippen LogP contribution < -0.4 is 5.32 Å². The van der Waals surface area contributed by atoms with Crippen LogP contribution in [0.2, 0.25) is 0 Å². The van der Waals surface area contributed by atoms with E-state index in [2.05, 4.69) is 60.8 Å². The molecule has 0 aromatic carbocycles. The van der Waals surface area contributed by atoms with E-state index in [9.17, 15) is 0 Å². The first-order chi connectivity index (χ1) is 8.77. The molecular weight excluding hydrogens is 240 g/mol. The van der Waals surface area contributed by atoms with Crippen molar-refractivity contribution in [2.24, 2.45) is 0 Å². The highest BCUT2D eigenvalue weighted by atomic mass is 16.5. The Labute approximate surface area is 117 Å². The molecule has 1 aromatic heterocycles. The second kappa shape index (κ2) is 6.39. The molecule has 0 radical (unpaired) electrons. The lowest BCUT2D eigenvalue weighted by Crippen LogP contribution is -2.44. The second-order valence-corrected chi connectivity index (χ2v) is 5.98. The first-order valence-electron chi connectivity index (χ1n) is 6.73. The maximum absolute atomic E-state index is 5.22. The zero-order valence-corrected chi connectivity index (χ0v) is 13.3. The molecule has 0 bridgehead atoms. The van der Waals surface area contributed by atoms with Crippen molar-refractivity contribution in [1.82, 2.24) is 14.5 Å². The maximum atomic E-state index is 5.22. The van der Waals surface area contributed by atoms with Crippen LogP contribution in [0, 0.1) is 6.92 Å². The highest BCUT2D eigenvalue weighted by Crippen LogP contribution is 2.18. The van der Waals surface area contributed by atoms with Crippen LogP contribution in [0.5, 0.6) is 0 Å². The van der Waals surface area contributed by atoms with Gasteiger partial charge in [-0.15, -0.1) is 0 Å². The van der Waals surface area contributed by atoms with Gasteiger partial charge in [0.15, 0.2) is 0 Å². The van der Waals surface area contributed by atoms with Gasteiger partial charge >= 0.3 is 0 Å². The Hall–Kier alpha value is -1.07. The summed E-state index contributed by atoms with van der Waals surface area (Å²) < 4.78 is 7.36. The highest BCUT2D eigenvalue weighted by Gasteiger charge is 2.21. The number of ether oxygens (including phenoxy) is 1. The topological polar surface area (TPSA) is 42.3 Å². The number of nitrogens with one attached hydrogen (secondary N) is 1. The molecule has 5 heteroatoms. The van der Waals surface area contributed by atoms with Crippen LogP contribution in [0.3, 0.4) is 0 Å². The quantitative estimate of drug-likeness (QED) is 0.823. The van der Waals surface area contributed by atoms with Gasteiger partial charge < -0.3 is 19.5 Å². The summed E-state index contributed by atoms with van der Waals surface area (Å²) >= 11 is 0. The minimum atomic E-state index is 0.0786. The molecule has 19 heavy (non-hydrogen) atoms. The number of aryl methyl sites for hydroxylation is 1. The fraction of sp³-hybridized carbons (Fsp3) is 0.786. The first kappa shape index (κ1) is 16.0. The van der Waals surface area contributed by atoms with E-state index in [1.807, 2.05) is 6.92 Å². The average Bonchev–Trinajstić information content (AvgIpc) is 2.68. The largest absolute Gasteiger partial charge is 0.383 e. The predicted molar refractivity (Wildman–Crippen MR) is 79.8 cm³/mol. The van der Waals surface area contributed by atoms with Crippen LogP contribution in [0.1, 0.15) is 32.5 Å². The molecule has 0 amide bonds. The summed E-state index contributed by atoms with van der Waals surface area (Å²) in [7, 11) is 5.91. The summed E-state index contributed by atoms with van der Waals surface area (Å²) in [5, 5.41) is 3.45. The molecule has 1 rings (SSSR count). The summed E-state index contributed by atoms with van der Waals surface area (Å²) in [4.78, 5) is 6.76. The molecule has 0 spiro atoms. The second-order valence-electron chi connectivity index (χ2n) is 5.98. The van der Waals surface area contributed by atoms with Crippen molar-refractivity contribution >= 4 is 5.95 Å². The number of methoxy groups -OCH3 is 1. The molecule has 0 saturated carbocycles. The molecule has 0 saturated heterocycles. The maximum Gasteiger partial charge on any atom is 0.203 e. The van der Waals surface area contributed by atoms with Gasteiger partial charge in [-0.25, -0.2) is 4.98 Å². The van der Waals surface area contributed by atoms with E-state index < -0.39 is 0 Å². The number of likely N-dealkylation sites (N-methyl/N-ethyl adjacent to an activating group) is 1. The predicted octanol–water partition coefficient (Wildman–Crippen LogP) is 2.15. The molecule has 110 valence electrons. The van der Waals surface area contributed by atoms with E-state index >= 15 is 0 Å². The molecule has 0 aliphatic rings. The summed E-state index contributed by atoms with van der Waals surface area (Å²) in [6.07, 6.45) is 2.06. The van der Waals surface area contributed by atoms with E-state index in [1.165, 1.54) is 0 Å². The zero-order chi connectivity index (χ0) is 14.6. The van der Waals surface area contributed by atoms with Crippen molar-refractivity contribution in [3.05, 3.63) is 11.9 Å². The fourth-order valence-electron chi connectivity index (χ4n) is 1.76. The van der Waals surface area contributed by atoms with Crippen LogP contribution in [0.4, 0.5) is 5.95 Å². The Bertz CT molecular complexity index is 398. The monoisotopic (exact) mass is 268 g/mol. The Kier molecular flexibility index (Phi) is 5.38. The van der Waals surface area contributed by atoms with E-state index in [0.717, 1.165) is 18.2 Å². The Balaban J connectivity index is 2.78. The molecule has 1 N–H and O–H groups in total. The van der Waals surface area contributed by atoms with Crippen molar-refractivity contribution in [2.45, 2.75) is 39.3 Å². The van der Waals surface area contributed by atoms with Crippen LogP contribution in [0.15, 0.2) is 6.20 Å². The minimum absolute atomic E-state index is 0.0786. The third-order valence-electron chi connectivity index (χ3n) is 3.63. The number of rotatable bonds is 7. The molecule has 1 heterocycles. The molecule has 1 aromatic rings. The lowest BCUT2D eigenvalue weighted by atomic mass is 10.1. The summed E-state index contributed by atoms with van der Waals surface area (Å²) in [5.74, 6) is 0.914. The molecule has 0 aliphatic heterocycles. The van der Waals surface area contributed by atoms with E-state index in [0.29, 0.717) is 6.61 Å². The third kappa shape index (κ3) is 4.21. The molecule has 1 atom stereocenters. The van der Waals surface area contributed by atoms with Crippen molar-refractivity contribution in [1.29, 1.82) is 0 Å². The van der Waals surface area contributed by atoms with Crippen LogP contribution in [-0.4, -0.2) is 54.3 Å². The van der Waals surface area contributed by atoms with Crippen LogP contribution in [0.25, 0.3) is 0 Å². The number of aromatic nitrogens is 2. The van der Waals surface area contributed by atoms with Gasteiger partial charge in [0, 0.05) is 25.4 Å². The third-order valence-corrected chi connectivity index (χ3v) is 3.63. The normalized spacial score (nSPS) is 13.9. The number of nitrogens with zero attached hydrogens (tertiary/aromatic N) is 3. The van der Waals surface area contributed by atoms with Crippen LogP contribution in [-0.2, 0) is 4.74 Å². The zero-order valence-electron chi connectivity index (χ0n) is 13.3. The van der Waals surface area contributed by atoms with Gasteiger partial charge in [0.25, 0.3) is 0 Å². The van der Waals surface area contributed by atoms with E-state index in [-0.39, 0.29) is 11.6 Å². The molecular formula is C14H28N4O.